The Bertz CT molecular complexity index is 663. The van der Waals surface area contributed by atoms with Crippen LogP contribution in [-0.2, 0) is 0 Å². The van der Waals surface area contributed by atoms with E-state index in [1.54, 1.807) is 11.3 Å². The monoisotopic (exact) mass is 258 g/mol. The number of nitrogens with one attached hydrogen (secondary N) is 1. The molecule has 0 aromatic carbocycles. The second-order valence-electron chi connectivity index (χ2n) is 4.05. The third kappa shape index (κ3) is 1.41. The minimum Gasteiger partial charge on any atom is -0.420 e. The van der Waals surface area contributed by atoms with Crippen LogP contribution >= 0.6 is 11.3 Å². The van der Waals surface area contributed by atoms with E-state index in [1.807, 2.05) is 23.8 Å². The average Bonchev–Trinajstić information content (AvgIpc) is 2.98. The van der Waals surface area contributed by atoms with Crippen molar-refractivity contribution in [2.45, 2.75) is 12.8 Å². The summed E-state index contributed by atoms with van der Waals surface area (Å²) in [7, 11) is 0. The van der Waals surface area contributed by atoms with E-state index in [4.69, 9.17) is 10.5 Å². The highest BCUT2D eigenvalue weighted by Crippen LogP contribution is 2.42. The molecule has 0 fully saturated rings. The summed E-state index contributed by atoms with van der Waals surface area (Å²) in [5.41, 5.74) is 9.04. The summed E-state index contributed by atoms with van der Waals surface area (Å²) >= 11 is 1.59. The Morgan fingerprint density at radius 3 is 3.11 bits per heavy atom. The number of fused-ring (bicyclic) bond motifs is 1. The van der Waals surface area contributed by atoms with Gasteiger partial charge in [0.1, 0.15) is 11.6 Å². The molecule has 0 spiro atoms. The molecule has 0 saturated heterocycles. The van der Waals surface area contributed by atoms with Crippen LogP contribution in [0.1, 0.15) is 22.7 Å². The van der Waals surface area contributed by atoms with Crippen molar-refractivity contribution < 1.29 is 4.74 Å². The molecular formula is C12H10N4OS. The molecule has 3 rings (SSSR count). The van der Waals surface area contributed by atoms with E-state index in [0.717, 1.165) is 16.8 Å². The number of aromatic amines is 1. The summed E-state index contributed by atoms with van der Waals surface area (Å²) in [4.78, 5) is 0. The summed E-state index contributed by atoms with van der Waals surface area (Å²) < 4.78 is 5.38. The van der Waals surface area contributed by atoms with Crippen molar-refractivity contribution in [3.8, 4) is 11.9 Å². The number of hydrogen-bond donors (Lipinski definition) is 2. The summed E-state index contributed by atoms with van der Waals surface area (Å²) in [6.45, 7) is 1.91. The molecule has 2 aromatic rings. The Balaban J connectivity index is 2.25. The fourth-order valence-corrected chi connectivity index (χ4v) is 2.86. The van der Waals surface area contributed by atoms with Gasteiger partial charge in [-0.2, -0.15) is 16.6 Å². The van der Waals surface area contributed by atoms with Gasteiger partial charge in [-0.25, -0.2) is 0 Å². The van der Waals surface area contributed by atoms with Crippen molar-refractivity contribution in [3.05, 3.63) is 45.1 Å². The van der Waals surface area contributed by atoms with E-state index in [-0.39, 0.29) is 11.8 Å². The number of allylic oxidation sites excluding steroid dienone is 1. The number of aryl methyl sites for hydroxylation is 1. The van der Waals surface area contributed by atoms with E-state index in [0.29, 0.717) is 11.5 Å². The van der Waals surface area contributed by atoms with Crippen LogP contribution in [0.2, 0.25) is 0 Å². The number of H-pyrrole nitrogens is 1. The molecule has 1 aliphatic heterocycles. The second kappa shape index (κ2) is 3.89. The van der Waals surface area contributed by atoms with Gasteiger partial charge in [-0.1, -0.05) is 0 Å². The molecule has 0 aliphatic carbocycles. The Hall–Kier alpha value is -2.26. The largest absolute Gasteiger partial charge is 0.420 e. The maximum absolute atomic E-state index is 9.29. The van der Waals surface area contributed by atoms with Crippen LogP contribution in [0.15, 0.2) is 28.3 Å². The van der Waals surface area contributed by atoms with Crippen molar-refractivity contribution in [2.24, 2.45) is 5.73 Å². The predicted octanol–water partition coefficient (Wildman–Crippen LogP) is 2.00. The zero-order valence-corrected chi connectivity index (χ0v) is 10.4. The molecule has 0 unspecified atom stereocenters. The van der Waals surface area contributed by atoms with E-state index in [1.165, 1.54) is 0 Å². The Morgan fingerprint density at radius 1 is 1.61 bits per heavy atom. The molecule has 2 aromatic heterocycles. The lowest BCUT2D eigenvalue weighted by atomic mass is 9.86. The first-order valence-electron chi connectivity index (χ1n) is 5.37. The van der Waals surface area contributed by atoms with Gasteiger partial charge in [-0.05, 0) is 29.3 Å². The maximum Gasteiger partial charge on any atom is 0.244 e. The molecule has 3 N–H and O–H groups in total. The van der Waals surface area contributed by atoms with Crippen molar-refractivity contribution in [1.82, 2.24) is 10.2 Å². The number of nitriles is 1. The first-order chi connectivity index (χ1) is 8.72. The molecule has 6 heteroatoms. The number of rotatable bonds is 1. The smallest absolute Gasteiger partial charge is 0.244 e. The summed E-state index contributed by atoms with van der Waals surface area (Å²) in [5, 5.41) is 20.2. The molecule has 3 heterocycles. The molecule has 18 heavy (non-hydrogen) atoms. The SMILES string of the molecule is Cc1[nH]nc2c1[C@@H](c1ccsc1)C(C#N)=C(N)O2. The van der Waals surface area contributed by atoms with Crippen LogP contribution in [0, 0.1) is 18.3 Å². The Kier molecular flexibility index (Phi) is 2.35. The highest BCUT2D eigenvalue weighted by molar-refractivity contribution is 7.08. The molecule has 1 atom stereocenters. The first kappa shape index (κ1) is 10.9. The van der Waals surface area contributed by atoms with Crippen LogP contribution < -0.4 is 10.5 Å². The first-order valence-corrected chi connectivity index (χ1v) is 6.31. The van der Waals surface area contributed by atoms with Gasteiger partial charge >= 0.3 is 0 Å². The van der Waals surface area contributed by atoms with Gasteiger partial charge in [0.05, 0.1) is 5.92 Å². The molecule has 0 bridgehead atoms. The Morgan fingerprint density at radius 2 is 2.44 bits per heavy atom. The van der Waals surface area contributed by atoms with E-state index >= 15 is 0 Å². The lowest BCUT2D eigenvalue weighted by Crippen LogP contribution is -2.20. The number of thiophene rings is 1. The van der Waals surface area contributed by atoms with Gasteiger partial charge in [0.25, 0.3) is 0 Å². The number of nitrogens with zero attached hydrogens (tertiary/aromatic N) is 2. The summed E-state index contributed by atoms with van der Waals surface area (Å²) in [5.74, 6) is 0.400. The fourth-order valence-electron chi connectivity index (χ4n) is 2.17. The number of hydrogen-bond acceptors (Lipinski definition) is 5. The highest BCUT2D eigenvalue weighted by Gasteiger charge is 2.34. The zero-order valence-electron chi connectivity index (χ0n) is 9.60. The normalized spacial score (nSPS) is 18.1. The maximum atomic E-state index is 9.29. The average molecular weight is 258 g/mol. The van der Waals surface area contributed by atoms with Crippen LogP contribution in [0.5, 0.6) is 5.88 Å². The lowest BCUT2D eigenvalue weighted by molar-refractivity contribution is 0.379. The van der Waals surface area contributed by atoms with Crippen LogP contribution in [0.3, 0.4) is 0 Å². The topological polar surface area (TPSA) is 87.7 Å². The lowest BCUT2D eigenvalue weighted by Gasteiger charge is -2.22. The van der Waals surface area contributed by atoms with Crippen molar-refractivity contribution >= 4 is 11.3 Å². The van der Waals surface area contributed by atoms with E-state index in [9.17, 15) is 5.26 Å². The standard InChI is InChI=1S/C12H10N4OS/c1-6-9-10(7-2-3-18-5-7)8(4-13)11(14)17-12(9)16-15-6/h2-3,5,10H,14H2,1H3,(H,15,16)/t10-/m0/s1. The van der Waals surface area contributed by atoms with E-state index < -0.39 is 0 Å². The minimum atomic E-state index is -0.191. The number of aromatic nitrogens is 2. The minimum absolute atomic E-state index is 0.132. The van der Waals surface area contributed by atoms with Gasteiger partial charge in [-0.3, -0.25) is 5.10 Å². The third-order valence-corrected chi connectivity index (χ3v) is 3.71. The van der Waals surface area contributed by atoms with Gasteiger partial charge in [0.15, 0.2) is 0 Å². The van der Waals surface area contributed by atoms with Gasteiger partial charge in [0.2, 0.25) is 11.8 Å². The van der Waals surface area contributed by atoms with E-state index in [2.05, 4.69) is 16.3 Å². The third-order valence-electron chi connectivity index (χ3n) is 3.01. The van der Waals surface area contributed by atoms with Crippen molar-refractivity contribution in [3.63, 3.8) is 0 Å². The van der Waals surface area contributed by atoms with Gasteiger partial charge in [0, 0.05) is 11.3 Å². The molecule has 90 valence electrons. The number of nitrogens with two attached hydrogens (primary N) is 1. The molecule has 0 radical (unpaired) electrons. The molecule has 0 amide bonds. The number of ether oxygens (including phenoxy) is 1. The molecular weight excluding hydrogens is 248 g/mol. The van der Waals surface area contributed by atoms with Crippen LogP contribution in [0.4, 0.5) is 0 Å². The van der Waals surface area contributed by atoms with Gasteiger partial charge in [-0.15, -0.1) is 5.10 Å². The van der Waals surface area contributed by atoms with Crippen molar-refractivity contribution in [2.75, 3.05) is 0 Å². The Labute approximate surface area is 108 Å². The second-order valence-corrected chi connectivity index (χ2v) is 4.83. The highest BCUT2D eigenvalue weighted by atomic mass is 32.1. The molecule has 1 aliphatic rings. The zero-order chi connectivity index (χ0) is 12.7. The molecule has 5 nitrogen and oxygen atoms in total. The summed E-state index contributed by atoms with van der Waals surface area (Å²) in [6.07, 6.45) is 0. The van der Waals surface area contributed by atoms with Crippen LogP contribution in [-0.4, -0.2) is 10.2 Å². The van der Waals surface area contributed by atoms with Gasteiger partial charge < -0.3 is 10.5 Å². The quantitative estimate of drug-likeness (QED) is 0.818. The molecule has 0 saturated carbocycles. The van der Waals surface area contributed by atoms with Crippen LogP contribution in [0.25, 0.3) is 0 Å². The fraction of sp³-hybridized carbons (Fsp3) is 0.167. The summed E-state index contributed by atoms with van der Waals surface area (Å²) in [6, 6.07) is 4.13. The van der Waals surface area contributed by atoms with Crippen molar-refractivity contribution in [1.29, 1.82) is 5.26 Å². The predicted molar refractivity (Wildman–Crippen MR) is 66.9 cm³/mol.